The molecule has 7 unspecified atom stereocenters. The van der Waals surface area contributed by atoms with Crippen molar-refractivity contribution in [3.8, 4) is 11.8 Å². The maximum Gasteiger partial charge on any atom is 0.252 e. The number of nitrogens with zero attached hydrogens (tertiary/aromatic N) is 2. The van der Waals surface area contributed by atoms with Gasteiger partial charge in [0.2, 0.25) is 5.88 Å². The third kappa shape index (κ3) is 4.90. The molecular formula is C33H44N2O4. The third-order valence-electron chi connectivity index (χ3n) is 10.5. The molecule has 0 spiro atoms. The maximum atomic E-state index is 12.9. The molecule has 7 atom stereocenters. The fourth-order valence-corrected chi connectivity index (χ4v) is 8.22. The van der Waals surface area contributed by atoms with Gasteiger partial charge in [0.25, 0.3) is 5.91 Å². The number of aromatic nitrogens is 1. The highest BCUT2D eigenvalue weighted by molar-refractivity contribution is 5.97. The molecule has 0 radical (unpaired) electrons. The second-order valence-corrected chi connectivity index (χ2v) is 12.8. The van der Waals surface area contributed by atoms with Crippen LogP contribution in [-0.2, 0) is 11.3 Å². The van der Waals surface area contributed by atoms with Crippen LogP contribution in [0, 0.1) is 42.4 Å². The number of hydrogen-bond donors (Lipinski definition) is 3. The minimum Gasteiger partial charge on any atom is -0.494 e. The Morgan fingerprint density at radius 3 is 2.05 bits per heavy atom. The molecule has 2 heterocycles. The Kier molecular flexibility index (Phi) is 7.26. The van der Waals surface area contributed by atoms with Gasteiger partial charge in [-0.1, -0.05) is 36.8 Å². The molecule has 6 heteroatoms. The van der Waals surface area contributed by atoms with Gasteiger partial charge in [0.1, 0.15) is 0 Å². The summed E-state index contributed by atoms with van der Waals surface area (Å²) in [6.07, 6.45) is 22.3. The van der Waals surface area contributed by atoms with Crippen molar-refractivity contribution in [2.24, 2.45) is 35.5 Å². The van der Waals surface area contributed by atoms with E-state index in [1.165, 1.54) is 32.1 Å². The van der Waals surface area contributed by atoms with Gasteiger partial charge in [0.15, 0.2) is 12.1 Å². The van der Waals surface area contributed by atoms with Gasteiger partial charge in [0, 0.05) is 35.4 Å². The Morgan fingerprint density at radius 1 is 0.821 bits per heavy atom. The summed E-state index contributed by atoms with van der Waals surface area (Å²) in [5, 5.41) is 32.7. The fourth-order valence-electron chi connectivity index (χ4n) is 8.22. The Labute approximate surface area is 232 Å². The molecule has 1 aliphatic heterocycles. The normalized spacial score (nSPS) is 32.8. The monoisotopic (exact) mass is 532 g/mol. The van der Waals surface area contributed by atoms with Crippen molar-refractivity contribution in [1.82, 2.24) is 9.47 Å². The Morgan fingerprint density at radius 2 is 1.46 bits per heavy atom. The summed E-state index contributed by atoms with van der Waals surface area (Å²) in [5.41, 5.74) is 2.25. The molecule has 3 N–H and O–H groups in total. The molecule has 4 aliphatic carbocycles. The van der Waals surface area contributed by atoms with E-state index < -0.39 is 6.23 Å². The van der Waals surface area contributed by atoms with Crippen molar-refractivity contribution in [3.05, 3.63) is 52.7 Å². The van der Waals surface area contributed by atoms with Crippen molar-refractivity contribution >= 4 is 12.0 Å². The van der Waals surface area contributed by atoms with Crippen LogP contribution >= 0.6 is 0 Å². The summed E-state index contributed by atoms with van der Waals surface area (Å²) in [4.78, 5) is 14.5. The zero-order chi connectivity index (χ0) is 27.3. The minimum atomic E-state index is -0.979. The summed E-state index contributed by atoms with van der Waals surface area (Å²) >= 11 is 0. The first-order chi connectivity index (χ1) is 18.8. The van der Waals surface area contributed by atoms with E-state index in [9.17, 15) is 20.1 Å². The topological polar surface area (TPSA) is 85.9 Å². The van der Waals surface area contributed by atoms with Crippen LogP contribution in [0.15, 0.2) is 41.5 Å². The molecule has 6 nitrogen and oxygen atoms in total. The second-order valence-electron chi connectivity index (χ2n) is 12.8. The number of aliphatic hydroxyl groups excluding tert-OH is 1. The Bertz CT molecular complexity index is 1240. The zero-order valence-electron chi connectivity index (χ0n) is 23.4. The van der Waals surface area contributed by atoms with Crippen LogP contribution in [0.5, 0.6) is 11.8 Å². The van der Waals surface area contributed by atoms with Gasteiger partial charge in [-0.2, -0.15) is 0 Å². The minimum absolute atomic E-state index is 0.0398. The summed E-state index contributed by atoms with van der Waals surface area (Å²) in [6, 6.07) is 0. The highest BCUT2D eigenvalue weighted by atomic mass is 16.3. The second kappa shape index (κ2) is 10.7. The van der Waals surface area contributed by atoms with Crippen molar-refractivity contribution in [2.75, 3.05) is 6.54 Å². The lowest BCUT2D eigenvalue weighted by Gasteiger charge is -2.24. The van der Waals surface area contributed by atoms with E-state index in [1.807, 2.05) is 0 Å². The molecule has 5 aliphatic rings. The molecule has 1 aromatic heterocycles. The number of rotatable bonds is 11. The standard InChI is InChI=1S/C33H44N2O4/c1-20-28(32(38)34(30(20)36)14-4-3-6-24-16-22-8-10-26(24)18-22)12-13-29-21(2)31(37)35(33(29)39)15-5-7-25-17-23-9-11-27(25)19-23/h8-13,22-27,33,36,38-39H,3-7,14-19H2,1-2H3/b13-12+. The molecule has 210 valence electrons. The summed E-state index contributed by atoms with van der Waals surface area (Å²) in [5.74, 6) is 4.50. The van der Waals surface area contributed by atoms with E-state index in [2.05, 4.69) is 24.3 Å². The lowest BCUT2D eigenvalue weighted by atomic mass is 9.89. The van der Waals surface area contributed by atoms with Gasteiger partial charge >= 0.3 is 0 Å². The number of carbonyl (C=O) groups is 1. The largest absolute Gasteiger partial charge is 0.494 e. The van der Waals surface area contributed by atoms with Crippen molar-refractivity contribution < 1.29 is 20.1 Å². The number of amides is 1. The third-order valence-corrected chi connectivity index (χ3v) is 10.5. The summed E-state index contributed by atoms with van der Waals surface area (Å²) in [6.45, 7) is 4.67. The maximum absolute atomic E-state index is 12.9. The smallest absolute Gasteiger partial charge is 0.252 e. The lowest BCUT2D eigenvalue weighted by Crippen LogP contribution is -2.36. The number of hydrogen-bond acceptors (Lipinski definition) is 4. The zero-order valence-corrected chi connectivity index (χ0v) is 23.4. The molecule has 1 aromatic rings. The molecule has 1 amide bonds. The molecular weight excluding hydrogens is 488 g/mol. The summed E-state index contributed by atoms with van der Waals surface area (Å²) in [7, 11) is 0. The van der Waals surface area contributed by atoms with Crippen LogP contribution in [0.25, 0.3) is 6.08 Å². The molecule has 0 saturated heterocycles. The van der Waals surface area contributed by atoms with E-state index in [0.717, 1.165) is 49.4 Å². The van der Waals surface area contributed by atoms with Crippen molar-refractivity contribution in [3.63, 3.8) is 0 Å². The average Bonchev–Trinajstić information content (AvgIpc) is 3.77. The van der Waals surface area contributed by atoms with Gasteiger partial charge in [-0.15, -0.1) is 0 Å². The van der Waals surface area contributed by atoms with E-state index in [4.69, 9.17) is 0 Å². The molecule has 39 heavy (non-hydrogen) atoms. The molecule has 0 aromatic carbocycles. The van der Waals surface area contributed by atoms with Crippen molar-refractivity contribution in [2.45, 2.75) is 84.4 Å². The number of carbonyl (C=O) groups excluding carboxylic acids is 1. The first-order valence-corrected chi connectivity index (χ1v) is 15.2. The van der Waals surface area contributed by atoms with E-state index in [1.54, 1.807) is 35.5 Å². The van der Waals surface area contributed by atoms with Crippen LogP contribution in [0.2, 0.25) is 0 Å². The van der Waals surface area contributed by atoms with Gasteiger partial charge < -0.3 is 20.2 Å². The Hall–Kier alpha value is -2.73. The molecule has 2 saturated carbocycles. The van der Waals surface area contributed by atoms with E-state index >= 15 is 0 Å². The highest BCUT2D eigenvalue weighted by Crippen LogP contribution is 2.46. The number of aromatic hydroxyl groups is 2. The highest BCUT2D eigenvalue weighted by Gasteiger charge is 2.37. The SMILES string of the molecule is CC1=C(/C=C/c2c(C)c(O)n(CCCCC3CC4C=CC3C4)c2O)C(O)N(CCCC2CC3C=CC2C3)C1=O. The molecule has 2 fully saturated rings. The van der Waals surface area contributed by atoms with E-state index in [-0.39, 0.29) is 17.7 Å². The lowest BCUT2D eigenvalue weighted by molar-refractivity contribution is -0.131. The predicted octanol–water partition coefficient (Wildman–Crippen LogP) is 6.07. The Balaban J connectivity index is 1.04. The van der Waals surface area contributed by atoms with Crippen LogP contribution < -0.4 is 0 Å². The van der Waals surface area contributed by atoms with Gasteiger partial charge in [0.05, 0.1) is 0 Å². The number of unbranched alkanes of at least 4 members (excludes halogenated alkanes) is 1. The van der Waals surface area contributed by atoms with E-state index in [0.29, 0.717) is 47.2 Å². The van der Waals surface area contributed by atoms with Crippen LogP contribution in [0.4, 0.5) is 0 Å². The first-order valence-electron chi connectivity index (χ1n) is 15.2. The number of aliphatic hydroxyl groups is 1. The van der Waals surface area contributed by atoms with Gasteiger partial charge in [-0.05, 0) is 107 Å². The average molecular weight is 533 g/mol. The van der Waals surface area contributed by atoms with Crippen molar-refractivity contribution in [1.29, 1.82) is 0 Å². The predicted molar refractivity (Wildman–Crippen MR) is 153 cm³/mol. The number of allylic oxidation sites excluding steroid dienone is 4. The number of fused-ring (bicyclic) bond motifs is 4. The summed E-state index contributed by atoms with van der Waals surface area (Å²) < 4.78 is 1.59. The van der Waals surface area contributed by atoms with Crippen LogP contribution in [0.3, 0.4) is 0 Å². The fraction of sp³-hybridized carbons (Fsp3) is 0.606. The quantitative estimate of drug-likeness (QED) is 0.238. The molecule has 4 bridgehead atoms. The van der Waals surface area contributed by atoms with Gasteiger partial charge in [-0.3, -0.25) is 9.36 Å². The van der Waals surface area contributed by atoms with Crippen LogP contribution in [-0.4, -0.2) is 43.5 Å². The first kappa shape index (κ1) is 26.5. The van der Waals surface area contributed by atoms with Crippen LogP contribution in [0.1, 0.15) is 75.8 Å². The van der Waals surface area contributed by atoms with Gasteiger partial charge in [-0.25, -0.2) is 0 Å². The molecule has 6 rings (SSSR count).